The van der Waals surface area contributed by atoms with Crippen LogP contribution in [0.4, 0.5) is 5.95 Å². The summed E-state index contributed by atoms with van der Waals surface area (Å²) < 4.78 is 9.89. The molecular weight excluding hydrogens is 248 g/mol. The van der Waals surface area contributed by atoms with Crippen LogP contribution < -0.4 is 10.1 Å². The summed E-state index contributed by atoms with van der Waals surface area (Å²) >= 11 is 5.69. The van der Waals surface area contributed by atoms with E-state index in [-0.39, 0.29) is 30.4 Å². The van der Waals surface area contributed by atoms with Crippen molar-refractivity contribution >= 4 is 17.5 Å². The van der Waals surface area contributed by atoms with Crippen molar-refractivity contribution in [3.63, 3.8) is 0 Å². The lowest BCUT2D eigenvalue weighted by molar-refractivity contribution is 0.0726. The van der Waals surface area contributed by atoms with Crippen LogP contribution in [0.15, 0.2) is 0 Å². The molecule has 1 rings (SSSR count). The van der Waals surface area contributed by atoms with Crippen LogP contribution in [0.1, 0.15) is 6.92 Å². The summed E-state index contributed by atoms with van der Waals surface area (Å²) in [5.41, 5.74) is 0. The Balaban J connectivity index is 2.57. The number of methoxy groups -OCH3 is 1. The number of halogens is 1. The molecule has 0 amide bonds. The number of aliphatic hydroxyl groups is 1. The molecule has 96 valence electrons. The van der Waals surface area contributed by atoms with Gasteiger partial charge in [-0.15, -0.1) is 0 Å². The minimum atomic E-state index is -0.647. The van der Waals surface area contributed by atoms with Crippen LogP contribution >= 0.6 is 11.6 Å². The Labute approximate surface area is 104 Å². The van der Waals surface area contributed by atoms with Crippen LogP contribution in [0.3, 0.4) is 0 Å². The molecule has 0 spiro atoms. The fourth-order valence-corrected chi connectivity index (χ4v) is 1.22. The normalized spacial score (nSPS) is 12.2. The predicted molar refractivity (Wildman–Crippen MR) is 62.4 cm³/mol. The first-order valence-corrected chi connectivity index (χ1v) is 5.48. The maximum absolute atomic E-state index is 9.43. The van der Waals surface area contributed by atoms with E-state index in [0.29, 0.717) is 6.61 Å². The van der Waals surface area contributed by atoms with Crippen molar-refractivity contribution in [1.82, 2.24) is 15.0 Å². The molecular formula is C9H15ClN4O3. The van der Waals surface area contributed by atoms with Gasteiger partial charge >= 0.3 is 6.01 Å². The zero-order valence-corrected chi connectivity index (χ0v) is 10.4. The molecule has 0 saturated heterocycles. The monoisotopic (exact) mass is 262 g/mol. The van der Waals surface area contributed by atoms with Gasteiger partial charge in [-0.1, -0.05) is 0 Å². The zero-order valence-electron chi connectivity index (χ0n) is 9.68. The number of aromatic nitrogens is 3. The molecule has 2 N–H and O–H groups in total. The van der Waals surface area contributed by atoms with Crippen molar-refractivity contribution < 1.29 is 14.6 Å². The first-order chi connectivity index (χ1) is 8.15. The van der Waals surface area contributed by atoms with Gasteiger partial charge in [-0.2, -0.15) is 15.0 Å². The summed E-state index contributed by atoms with van der Waals surface area (Å²) in [6.07, 6.45) is -0.647. The van der Waals surface area contributed by atoms with E-state index in [1.54, 1.807) is 0 Å². The Morgan fingerprint density at radius 2 is 2.18 bits per heavy atom. The molecule has 8 heteroatoms. The number of nitrogens with one attached hydrogen (secondary N) is 1. The fourth-order valence-electron chi connectivity index (χ4n) is 1.07. The van der Waals surface area contributed by atoms with Gasteiger partial charge in [0.1, 0.15) is 0 Å². The molecule has 0 radical (unpaired) electrons. The minimum Gasteiger partial charge on any atom is -0.464 e. The zero-order chi connectivity index (χ0) is 12.7. The van der Waals surface area contributed by atoms with Crippen LogP contribution in [0.2, 0.25) is 5.28 Å². The van der Waals surface area contributed by atoms with Gasteiger partial charge in [0.05, 0.1) is 19.3 Å². The molecule has 1 aromatic rings. The number of aliphatic hydroxyl groups excluding tert-OH is 1. The molecule has 0 saturated carbocycles. The minimum absolute atomic E-state index is 0.0344. The Kier molecular flexibility index (Phi) is 5.88. The number of nitrogens with zero attached hydrogens (tertiary/aromatic N) is 3. The van der Waals surface area contributed by atoms with E-state index in [0.717, 1.165) is 0 Å². The van der Waals surface area contributed by atoms with Crippen LogP contribution in [-0.4, -0.2) is 53.0 Å². The maximum Gasteiger partial charge on any atom is 0.322 e. The summed E-state index contributed by atoms with van der Waals surface area (Å²) in [4.78, 5) is 11.6. The van der Waals surface area contributed by atoms with Gasteiger partial charge in [-0.25, -0.2) is 0 Å². The lowest BCUT2D eigenvalue weighted by Gasteiger charge is -2.11. The van der Waals surface area contributed by atoms with Gasteiger partial charge in [-0.05, 0) is 18.5 Å². The van der Waals surface area contributed by atoms with E-state index >= 15 is 0 Å². The van der Waals surface area contributed by atoms with E-state index in [1.807, 2.05) is 6.92 Å². The third-order valence-corrected chi connectivity index (χ3v) is 1.88. The molecule has 17 heavy (non-hydrogen) atoms. The third kappa shape index (κ3) is 5.12. The largest absolute Gasteiger partial charge is 0.464 e. The molecule has 0 aromatic carbocycles. The van der Waals surface area contributed by atoms with Gasteiger partial charge in [0, 0.05) is 13.7 Å². The van der Waals surface area contributed by atoms with Crippen LogP contribution in [0.25, 0.3) is 0 Å². The first-order valence-electron chi connectivity index (χ1n) is 5.11. The highest BCUT2D eigenvalue weighted by Gasteiger charge is 2.08. The van der Waals surface area contributed by atoms with Gasteiger partial charge in [0.25, 0.3) is 0 Å². The second-order valence-corrected chi connectivity index (χ2v) is 3.47. The van der Waals surface area contributed by atoms with Gasteiger partial charge in [0.15, 0.2) is 0 Å². The van der Waals surface area contributed by atoms with E-state index in [4.69, 9.17) is 21.1 Å². The van der Waals surface area contributed by atoms with Crippen molar-refractivity contribution in [2.45, 2.75) is 13.0 Å². The number of hydrogen-bond donors (Lipinski definition) is 2. The van der Waals surface area contributed by atoms with Crippen molar-refractivity contribution in [3.8, 4) is 6.01 Å². The Morgan fingerprint density at radius 1 is 1.41 bits per heavy atom. The SMILES string of the molecule is CCOc1nc(Cl)nc(NCC(O)COC)n1. The van der Waals surface area contributed by atoms with Crippen LogP contribution in [0, 0.1) is 0 Å². The summed E-state index contributed by atoms with van der Waals surface area (Å²) in [5.74, 6) is 0.253. The highest BCUT2D eigenvalue weighted by Crippen LogP contribution is 2.11. The lowest BCUT2D eigenvalue weighted by Crippen LogP contribution is -2.25. The summed E-state index contributed by atoms with van der Waals surface area (Å²) in [6, 6.07) is 0.149. The highest BCUT2D eigenvalue weighted by atomic mass is 35.5. The molecule has 1 atom stereocenters. The predicted octanol–water partition coefficient (Wildman–Crippen LogP) is 0.343. The second-order valence-electron chi connectivity index (χ2n) is 3.13. The average Bonchev–Trinajstić information content (AvgIpc) is 2.26. The van der Waals surface area contributed by atoms with Crippen molar-refractivity contribution in [2.75, 3.05) is 32.2 Å². The van der Waals surface area contributed by atoms with E-state index < -0.39 is 6.10 Å². The molecule has 1 aromatic heterocycles. The molecule has 0 fully saturated rings. The van der Waals surface area contributed by atoms with E-state index in [9.17, 15) is 5.11 Å². The number of rotatable bonds is 7. The van der Waals surface area contributed by atoms with Gasteiger partial charge in [-0.3, -0.25) is 0 Å². The quantitative estimate of drug-likeness (QED) is 0.732. The van der Waals surface area contributed by atoms with E-state index in [1.165, 1.54) is 7.11 Å². The van der Waals surface area contributed by atoms with Gasteiger partial charge in [0.2, 0.25) is 11.2 Å². The van der Waals surface area contributed by atoms with Crippen molar-refractivity contribution in [3.05, 3.63) is 5.28 Å². The molecule has 0 aliphatic heterocycles. The van der Waals surface area contributed by atoms with E-state index in [2.05, 4.69) is 20.3 Å². The topological polar surface area (TPSA) is 89.4 Å². The number of hydrogen-bond acceptors (Lipinski definition) is 7. The molecule has 1 heterocycles. The molecule has 1 unspecified atom stereocenters. The molecule has 0 aliphatic carbocycles. The highest BCUT2D eigenvalue weighted by molar-refractivity contribution is 6.28. The maximum atomic E-state index is 9.43. The molecule has 0 bridgehead atoms. The standard InChI is InChI=1S/C9H15ClN4O3/c1-3-17-9-13-7(10)12-8(14-9)11-4-6(15)5-16-2/h6,15H,3-5H2,1-2H3,(H,11,12,13,14). The van der Waals surface area contributed by atoms with Crippen LogP contribution in [0.5, 0.6) is 6.01 Å². The second kappa shape index (κ2) is 7.21. The Bertz CT molecular complexity index is 353. The summed E-state index contributed by atoms with van der Waals surface area (Å²) in [7, 11) is 1.51. The van der Waals surface area contributed by atoms with Crippen LogP contribution in [-0.2, 0) is 4.74 Å². The lowest BCUT2D eigenvalue weighted by atomic mass is 10.4. The Hall–Kier alpha value is -1.18. The number of anilines is 1. The Morgan fingerprint density at radius 3 is 2.82 bits per heavy atom. The summed E-state index contributed by atoms with van der Waals surface area (Å²) in [6.45, 7) is 2.73. The molecule has 0 aliphatic rings. The van der Waals surface area contributed by atoms with Crippen molar-refractivity contribution in [1.29, 1.82) is 0 Å². The average molecular weight is 263 g/mol. The molecule has 7 nitrogen and oxygen atoms in total. The fraction of sp³-hybridized carbons (Fsp3) is 0.667. The number of ether oxygens (including phenoxy) is 2. The van der Waals surface area contributed by atoms with Crippen molar-refractivity contribution in [2.24, 2.45) is 0 Å². The smallest absolute Gasteiger partial charge is 0.322 e. The summed E-state index contributed by atoms with van der Waals surface area (Å²) in [5, 5.41) is 12.3. The first kappa shape index (κ1) is 13.9. The van der Waals surface area contributed by atoms with Gasteiger partial charge < -0.3 is 19.9 Å². The third-order valence-electron chi connectivity index (χ3n) is 1.72.